The molecule has 0 unspecified atom stereocenters. The summed E-state index contributed by atoms with van der Waals surface area (Å²) in [6.45, 7) is 3.89. The molecule has 1 rings (SSSR count). The van der Waals surface area contributed by atoms with Crippen molar-refractivity contribution in [3.8, 4) is 5.75 Å². The normalized spacial score (nSPS) is 11.8. The van der Waals surface area contributed by atoms with Crippen LogP contribution in [0, 0.1) is 0 Å². The Morgan fingerprint density at radius 3 is 2.39 bits per heavy atom. The van der Waals surface area contributed by atoms with Crippen LogP contribution in [0.15, 0.2) is 23.1 Å². The van der Waals surface area contributed by atoms with Gasteiger partial charge in [0.05, 0.1) is 17.7 Å². The first-order valence-electron chi connectivity index (χ1n) is 5.90. The van der Waals surface area contributed by atoms with E-state index in [9.17, 15) is 8.42 Å². The maximum Gasteiger partial charge on any atom is 0.240 e. The third-order valence-corrected chi connectivity index (χ3v) is 4.34. The van der Waals surface area contributed by atoms with Crippen molar-refractivity contribution in [1.82, 2.24) is 4.72 Å². The Morgan fingerprint density at radius 2 is 1.94 bits per heavy atom. The molecule has 0 aliphatic heterocycles. The molecule has 0 bridgehead atoms. The van der Waals surface area contributed by atoms with Crippen molar-refractivity contribution >= 4 is 15.7 Å². The molecule has 0 aliphatic carbocycles. The number of nitrogens with two attached hydrogens (primary N) is 1. The lowest BCUT2D eigenvalue weighted by Gasteiger charge is -2.15. The summed E-state index contributed by atoms with van der Waals surface area (Å²) in [5, 5.41) is 0. The third-order valence-electron chi connectivity index (χ3n) is 2.82. The molecule has 0 heterocycles. The van der Waals surface area contributed by atoms with E-state index in [1.165, 1.54) is 19.2 Å². The van der Waals surface area contributed by atoms with Gasteiger partial charge in [-0.3, -0.25) is 0 Å². The van der Waals surface area contributed by atoms with E-state index in [1.807, 2.05) is 13.8 Å². The number of ether oxygens (including phenoxy) is 1. The number of nitrogen functional groups attached to an aromatic ring is 1. The fraction of sp³-hybridized carbons (Fsp3) is 0.500. The number of hydrogen-bond acceptors (Lipinski definition) is 4. The van der Waals surface area contributed by atoms with Gasteiger partial charge in [-0.05, 0) is 31.0 Å². The summed E-state index contributed by atoms with van der Waals surface area (Å²) in [7, 11) is -2.03. The molecule has 1 aromatic carbocycles. The largest absolute Gasteiger partial charge is 0.495 e. The minimum Gasteiger partial charge on any atom is -0.495 e. The number of rotatable bonds is 6. The first-order chi connectivity index (χ1) is 8.44. The number of nitrogens with one attached hydrogen (secondary N) is 1. The SMILES string of the molecule is CCC(CC)NS(=O)(=O)c1ccc(OC)c(N)c1. The van der Waals surface area contributed by atoms with Crippen LogP contribution in [0.4, 0.5) is 5.69 Å². The van der Waals surface area contributed by atoms with E-state index >= 15 is 0 Å². The van der Waals surface area contributed by atoms with Crippen LogP contribution >= 0.6 is 0 Å². The second-order valence-corrected chi connectivity index (χ2v) is 5.75. The summed E-state index contributed by atoms with van der Waals surface area (Å²) < 4.78 is 31.9. The smallest absolute Gasteiger partial charge is 0.240 e. The third kappa shape index (κ3) is 3.36. The zero-order chi connectivity index (χ0) is 13.8. The Labute approximate surface area is 108 Å². The summed E-state index contributed by atoms with van der Waals surface area (Å²) in [5.74, 6) is 0.469. The maximum absolute atomic E-state index is 12.1. The van der Waals surface area contributed by atoms with Gasteiger partial charge in [0.2, 0.25) is 10.0 Å². The van der Waals surface area contributed by atoms with Gasteiger partial charge in [0.25, 0.3) is 0 Å². The standard InChI is InChI=1S/C12H20N2O3S/c1-4-9(5-2)14-18(15,16)10-6-7-12(17-3)11(13)8-10/h6-9,14H,4-5,13H2,1-3H3. The highest BCUT2D eigenvalue weighted by molar-refractivity contribution is 7.89. The van der Waals surface area contributed by atoms with Crippen molar-refractivity contribution in [2.45, 2.75) is 37.6 Å². The number of anilines is 1. The summed E-state index contributed by atoms with van der Waals surface area (Å²) in [5.41, 5.74) is 6.02. The minimum atomic E-state index is -3.52. The minimum absolute atomic E-state index is 0.0571. The van der Waals surface area contributed by atoms with Crippen molar-refractivity contribution in [1.29, 1.82) is 0 Å². The van der Waals surface area contributed by atoms with Crippen LogP contribution in [-0.4, -0.2) is 21.6 Å². The Hall–Kier alpha value is -1.27. The quantitative estimate of drug-likeness (QED) is 0.773. The molecule has 0 amide bonds. The molecule has 1 aromatic rings. The Bertz CT molecular complexity index is 496. The second-order valence-electron chi connectivity index (χ2n) is 4.04. The van der Waals surface area contributed by atoms with E-state index in [2.05, 4.69) is 4.72 Å². The highest BCUT2D eigenvalue weighted by atomic mass is 32.2. The lowest BCUT2D eigenvalue weighted by Crippen LogP contribution is -2.33. The van der Waals surface area contributed by atoms with Crippen LogP contribution in [0.25, 0.3) is 0 Å². The molecule has 0 saturated heterocycles. The van der Waals surface area contributed by atoms with E-state index in [4.69, 9.17) is 10.5 Å². The van der Waals surface area contributed by atoms with Crippen LogP contribution in [0.5, 0.6) is 5.75 Å². The molecule has 18 heavy (non-hydrogen) atoms. The molecule has 6 heteroatoms. The maximum atomic E-state index is 12.1. The fourth-order valence-electron chi connectivity index (χ4n) is 1.62. The average Bonchev–Trinajstić information content (AvgIpc) is 2.35. The van der Waals surface area contributed by atoms with Gasteiger partial charge >= 0.3 is 0 Å². The molecule has 102 valence electrons. The summed E-state index contributed by atoms with van der Waals surface area (Å²) in [6, 6.07) is 4.39. The van der Waals surface area contributed by atoms with Gasteiger partial charge in [0, 0.05) is 6.04 Å². The van der Waals surface area contributed by atoms with E-state index in [0.29, 0.717) is 11.4 Å². The molecular weight excluding hydrogens is 252 g/mol. The zero-order valence-corrected chi connectivity index (χ0v) is 11.8. The monoisotopic (exact) mass is 272 g/mol. The molecule has 5 nitrogen and oxygen atoms in total. The molecule has 0 atom stereocenters. The molecule has 0 fully saturated rings. The highest BCUT2D eigenvalue weighted by Crippen LogP contribution is 2.24. The first kappa shape index (κ1) is 14.8. The molecule has 0 aromatic heterocycles. The van der Waals surface area contributed by atoms with Gasteiger partial charge in [-0.25, -0.2) is 13.1 Å². The fourth-order valence-corrected chi connectivity index (χ4v) is 3.06. The predicted octanol–water partition coefficient (Wildman–Crippen LogP) is 1.74. The van der Waals surface area contributed by atoms with Crippen LogP contribution in [0.2, 0.25) is 0 Å². The molecule has 3 N–H and O–H groups in total. The first-order valence-corrected chi connectivity index (χ1v) is 7.38. The number of sulfonamides is 1. The van der Waals surface area contributed by atoms with Crippen molar-refractivity contribution < 1.29 is 13.2 Å². The van der Waals surface area contributed by atoms with Gasteiger partial charge in [-0.2, -0.15) is 0 Å². The van der Waals surface area contributed by atoms with Crippen LogP contribution in [0.1, 0.15) is 26.7 Å². The summed E-state index contributed by atoms with van der Waals surface area (Å²) in [6.07, 6.45) is 1.50. The Morgan fingerprint density at radius 1 is 1.33 bits per heavy atom. The van der Waals surface area contributed by atoms with E-state index < -0.39 is 10.0 Å². The van der Waals surface area contributed by atoms with Gasteiger partial charge in [0.1, 0.15) is 5.75 Å². The lowest BCUT2D eigenvalue weighted by molar-refractivity contribution is 0.416. The average molecular weight is 272 g/mol. The predicted molar refractivity (Wildman–Crippen MR) is 72.1 cm³/mol. The van der Waals surface area contributed by atoms with Crippen LogP contribution < -0.4 is 15.2 Å². The van der Waals surface area contributed by atoms with Crippen molar-refractivity contribution in [3.63, 3.8) is 0 Å². The molecule has 0 spiro atoms. The Balaban J connectivity index is 3.02. The van der Waals surface area contributed by atoms with E-state index in [0.717, 1.165) is 12.8 Å². The van der Waals surface area contributed by atoms with Crippen molar-refractivity contribution in [2.75, 3.05) is 12.8 Å². The topological polar surface area (TPSA) is 81.4 Å². The number of methoxy groups -OCH3 is 1. The Kier molecular flexibility index (Phi) is 4.98. The number of hydrogen-bond donors (Lipinski definition) is 2. The van der Waals surface area contributed by atoms with E-state index in [1.54, 1.807) is 6.07 Å². The summed E-state index contributed by atoms with van der Waals surface area (Å²) >= 11 is 0. The van der Waals surface area contributed by atoms with E-state index in [-0.39, 0.29) is 10.9 Å². The van der Waals surface area contributed by atoms with Crippen LogP contribution in [0.3, 0.4) is 0 Å². The molecule has 0 saturated carbocycles. The highest BCUT2D eigenvalue weighted by Gasteiger charge is 2.18. The van der Waals surface area contributed by atoms with Gasteiger partial charge in [-0.15, -0.1) is 0 Å². The van der Waals surface area contributed by atoms with Crippen molar-refractivity contribution in [3.05, 3.63) is 18.2 Å². The number of benzene rings is 1. The zero-order valence-electron chi connectivity index (χ0n) is 10.9. The second kappa shape index (κ2) is 6.06. The van der Waals surface area contributed by atoms with Gasteiger partial charge in [0.15, 0.2) is 0 Å². The van der Waals surface area contributed by atoms with Crippen LogP contribution in [-0.2, 0) is 10.0 Å². The molecular formula is C12H20N2O3S. The van der Waals surface area contributed by atoms with Crippen molar-refractivity contribution in [2.24, 2.45) is 0 Å². The molecule has 0 radical (unpaired) electrons. The van der Waals surface area contributed by atoms with Gasteiger partial charge < -0.3 is 10.5 Å². The molecule has 0 aliphatic rings. The van der Waals surface area contributed by atoms with Gasteiger partial charge in [-0.1, -0.05) is 13.8 Å². The summed E-state index contributed by atoms with van der Waals surface area (Å²) in [4.78, 5) is 0.160. The lowest BCUT2D eigenvalue weighted by atomic mass is 10.2.